The Kier molecular flexibility index (Phi) is 4.99. The summed E-state index contributed by atoms with van der Waals surface area (Å²) in [5, 5.41) is 0. The van der Waals surface area contributed by atoms with E-state index in [0.717, 1.165) is 28.7 Å². The average Bonchev–Trinajstić information content (AvgIpc) is 2.91. The van der Waals surface area contributed by atoms with Crippen LogP contribution < -0.4 is 0 Å². The molecule has 3 rings (SSSR count). The molecule has 2 aromatic carbocycles. The van der Waals surface area contributed by atoms with Gasteiger partial charge in [0.15, 0.2) is 5.78 Å². The quantitative estimate of drug-likeness (QED) is 0.716. The molecule has 2 unspecified atom stereocenters. The Hall–Kier alpha value is -2.42. The average molecular weight is 350 g/mol. The second-order valence-corrected chi connectivity index (χ2v) is 7.10. The summed E-state index contributed by atoms with van der Waals surface area (Å²) in [4.78, 5) is 25.3. The number of aryl methyl sites for hydroxylation is 2. The second kappa shape index (κ2) is 7.06. The molecule has 0 heterocycles. The molecule has 0 amide bonds. The Labute approximate surface area is 155 Å². The lowest BCUT2D eigenvalue weighted by Gasteiger charge is -2.23. The number of carbonyl (C=O) groups is 2. The molecule has 3 heteroatoms. The van der Waals surface area contributed by atoms with Gasteiger partial charge in [-0.2, -0.15) is 0 Å². The van der Waals surface area contributed by atoms with E-state index in [9.17, 15) is 9.59 Å². The van der Waals surface area contributed by atoms with Gasteiger partial charge in [-0.1, -0.05) is 44.2 Å². The van der Waals surface area contributed by atoms with Crippen LogP contribution >= 0.6 is 0 Å². The number of benzene rings is 2. The third-order valence-corrected chi connectivity index (χ3v) is 5.66. The maximum Gasteiger partial charge on any atom is 0.306 e. The highest BCUT2D eigenvalue weighted by Gasteiger charge is 2.43. The van der Waals surface area contributed by atoms with Crippen LogP contribution in [0, 0.1) is 20.8 Å². The number of fused-ring (bicyclic) bond motifs is 1. The molecule has 0 radical (unpaired) electrons. The first-order valence-electron chi connectivity index (χ1n) is 9.32. The SMILES string of the molecule is CCC(=O)OC1c2cc(CC)ccc2C(=O)C1c1ccc(C)c(C)c1C. The van der Waals surface area contributed by atoms with Gasteiger partial charge >= 0.3 is 5.97 Å². The van der Waals surface area contributed by atoms with Crippen molar-refractivity contribution < 1.29 is 14.3 Å². The molecule has 0 N–H and O–H groups in total. The van der Waals surface area contributed by atoms with Crippen LogP contribution in [0.1, 0.15) is 76.0 Å². The number of esters is 1. The first-order chi connectivity index (χ1) is 12.4. The van der Waals surface area contributed by atoms with E-state index < -0.39 is 12.0 Å². The zero-order valence-electron chi connectivity index (χ0n) is 16.2. The summed E-state index contributed by atoms with van der Waals surface area (Å²) < 4.78 is 5.79. The van der Waals surface area contributed by atoms with Gasteiger partial charge in [-0.15, -0.1) is 0 Å². The summed E-state index contributed by atoms with van der Waals surface area (Å²) in [7, 11) is 0. The monoisotopic (exact) mass is 350 g/mol. The molecule has 0 bridgehead atoms. The lowest BCUT2D eigenvalue weighted by molar-refractivity contribution is -0.149. The van der Waals surface area contributed by atoms with Crippen LogP contribution in [0.15, 0.2) is 30.3 Å². The molecule has 0 saturated carbocycles. The fraction of sp³-hybridized carbons (Fsp3) is 0.391. The Morgan fingerprint density at radius 1 is 1.00 bits per heavy atom. The molecule has 136 valence electrons. The van der Waals surface area contributed by atoms with E-state index in [1.807, 2.05) is 37.3 Å². The maximum absolute atomic E-state index is 13.2. The zero-order valence-corrected chi connectivity index (χ0v) is 16.2. The molecule has 1 aliphatic carbocycles. The van der Waals surface area contributed by atoms with E-state index in [1.54, 1.807) is 6.92 Å². The number of ketones is 1. The summed E-state index contributed by atoms with van der Waals surface area (Å²) in [6, 6.07) is 9.96. The van der Waals surface area contributed by atoms with Crippen molar-refractivity contribution in [1.82, 2.24) is 0 Å². The number of carbonyl (C=O) groups excluding carboxylic acids is 2. The summed E-state index contributed by atoms with van der Waals surface area (Å²) in [6.07, 6.45) is 0.632. The van der Waals surface area contributed by atoms with E-state index in [2.05, 4.69) is 20.8 Å². The van der Waals surface area contributed by atoms with Gasteiger partial charge in [0.25, 0.3) is 0 Å². The van der Waals surface area contributed by atoms with Crippen LogP contribution in [0.3, 0.4) is 0 Å². The van der Waals surface area contributed by atoms with Crippen molar-refractivity contribution in [2.45, 2.75) is 59.5 Å². The fourth-order valence-electron chi connectivity index (χ4n) is 3.75. The Bertz CT molecular complexity index is 879. The number of rotatable bonds is 4. The van der Waals surface area contributed by atoms with Crippen LogP contribution in [0.5, 0.6) is 0 Å². The molecule has 3 nitrogen and oxygen atoms in total. The molecule has 0 saturated heterocycles. The van der Waals surface area contributed by atoms with Crippen molar-refractivity contribution >= 4 is 11.8 Å². The van der Waals surface area contributed by atoms with Crippen molar-refractivity contribution in [3.8, 4) is 0 Å². The molecule has 0 aliphatic heterocycles. The molecular formula is C23H26O3. The minimum absolute atomic E-state index is 0.0444. The predicted molar refractivity (Wildman–Crippen MR) is 103 cm³/mol. The minimum atomic E-state index is -0.544. The van der Waals surface area contributed by atoms with E-state index in [1.165, 1.54) is 11.1 Å². The van der Waals surface area contributed by atoms with Crippen LogP contribution in [0.25, 0.3) is 0 Å². The number of hydrogen-bond acceptors (Lipinski definition) is 3. The molecule has 0 aromatic heterocycles. The molecule has 2 atom stereocenters. The van der Waals surface area contributed by atoms with Crippen LogP contribution in [-0.4, -0.2) is 11.8 Å². The summed E-state index contributed by atoms with van der Waals surface area (Å²) in [6.45, 7) is 10.0. The van der Waals surface area contributed by atoms with Crippen molar-refractivity contribution in [3.63, 3.8) is 0 Å². The molecule has 2 aromatic rings. The lowest BCUT2D eigenvalue weighted by atomic mass is 9.86. The van der Waals surface area contributed by atoms with Crippen LogP contribution in [0.2, 0.25) is 0 Å². The predicted octanol–water partition coefficient (Wildman–Crippen LogP) is 5.15. The summed E-state index contributed by atoms with van der Waals surface area (Å²) in [5.41, 5.74) is 7.11. The Balaban J connectivity index is 2.16. The highest BCUT2D eigenvalue weighted by molar-refractivity contribution is 6.06. The molecule has 0 spiro atoms. The van der Waals surface area contributed by atoms with Crippen molar-refractivity contribution in [2.24, 2.45) is 0 Å². The topological polar surface area (TPSA) is 43.4 Å². The maximum atomic E-state index is 13.2. The van der Waals surface area contributed by atoms with Gasteiger partial charge in [-0.3, -0.25) is 9.59 Å². The van der Waals surface area contributed by atoms with Crippen molar-refractivity contribution in [2.75, 3.05) is 0 Å². The van der Waals surface area contributed by atoms with Gasteiger partial charge in [0.05, 0.1) is 5.92 Å². The normalized spacial score (nSPS) is 18.7. The van der Waals surface area contributed by atoms with Gasteiger partial charge in [0, 0.05) is 17.5 Å². The van der Waals surface area contributed by atoms with Crippen molar-refractivity contribution in [1.29, 1.82) is 0 Å². The second-order valence-electron chi connectivity index (χ2n) is 7.10. The van der Waals surface area contributed by atoms with Crippen LogP contribution in [0.4, 0.5) is 0 Å². The van der Waals surface area contributed by atoms with Gasteiger partial charge in [-0.25, -0.2) is 0 Å². The fourth-order valence-corrected chi connectivity index (χ4v) is 3.75. The minimum Gasteiger partial charge on any atom is -0.456 e. The standard InChI is InChI=1S/C23H26O3/c1-6-16-9-11-18-19(12-16)23(26-20(24)7-2)21(22(18)25)17-10-8-13(3)14(4)15(17)5/h8-12,21,23H,6-7H2,1-5H3. The molecule has 0 fully saturated rings. The summed E-state index contributed by atoms with van der Waals surface area (Å²) in [5.74, 6) is -0.696. The molecule has 26 heavy (non-hydrogen) atoms. The third kappa shape index (κ3) is 2.96. The number of Topliss-reactive ketones (excluding diaryl/α,β-unsaturated/α-hetero) is 1. The van der Waals surface area contributed by atoms with E-state index in [4.69, 9.17) is 4.74 Å². The van der Waals surface area contributed by atoms with Gasteiger partial charge in [-0.05, 0) is 55.0 Å². The van der Waals surface area contributed by atoms with E-state index in [0.29, 0.717) is 12.0 Å². The highest BCUT2D eigenvalue weighted by Crippen LogP contribution is 2.46. The number of ether oxygens (including phenoxy) is 1. The Morgan fingerprint density at radius 3 is 2.38 bits per heavy atom. The summed E-state index contributed by atoms with van der Waals surface area (Å²) >= 11 is 0. The number of hydrogen-bond donors (Lipinski definition) is 0. The first-order valence-corrected chi connectivity index (χ1v) is 9.32. The zero-order chi connectivity index (χ0) is 19.0. The smallest absolute Gasteiger partial charge is 0.306 e. The van der Waals surface area contributed by atoms with Gasteiger partial charge < -0.3 is 4.74 Å². The van der Waals surface area contributed by atoms with Gasteiger partial charge in [0.2, 0.25) is 0 Å². The first kappa shape index (κ1) is 18.4. The third-order valence-electron chi connectivity index (χ3n) is 5.66. The molecular weight excluding hydrogens is 324 g/mol. The molecule has 1 aliphatic rings. The largest absolute Gasteiger partial charge is 0.456 e. The van der Waals surface area contributed by atoms with Crippen LogP contribution in [-0.2, 0) is 16.0 Å². The Morgan fingerprint density at radius 2 is 1.73 bits per heavy atom. The lowest BCUT2D eigenvalue weighted by Crippen LogP contribution is -2.19. The van der Waals surface area contributed by atoms with Gasteiger partial charge in [0.1, 0.15) is 6.10 Å². The van der Waals surface area contributed by atoms with Crippen molar-refractivity contribution in [3.05, 3.63) is 69.3 Å². The highest BCUT2D eigenvalue weighted by atomic mass is 16.5. The van der Waals surface area contributed by atoms with E-state index >= 15 is 0 Å². The van der Waals surface area contributed by atoms with E-state index in [-0.39, 0.29) is 11.8 Å².